The van der Waals surface area contributed by atoms with E-state index in [0.717, 1.165) is 10.2 Å². The average Bonchev–Trinajstić information content (AvgIpc) is 2.99. The number of ether oxygens (including phenoxy) is 1. The van der Waals surface area contributed by atoms with Crippen LogP contribution in [0.25, 0.3) is 0 Å². The zero-order chi connectivity index (χ0) is 11.9. The molecule has 1 aliphatic rings. The molecule has 0 spiro atoms. The van der Waals surface area contributed by atoms with Gasteiger partial charge in [-0.2, -0.15) is 0 Å². The highest BCUT2D eigenvalue weighted by Crippen LogP contribution is 2.54. The molecule has 0 heterocycles. The maximum atomic E-state index is 6.13. The zero-order valence-electron chi connectivity index (χ0n) is 10.0. The van der Waals surface area contributed by atoms with Crippen LogP contribution in [-0.4, -0.2) is 13.2 Å². The molecule has 1 unspecified atom stereocenters. The molecular weight excluding hydrogens is 266 g/mol. The van der Waals surface area contributed by atoms with Crippen molar-refractivity contribution in [3.8, 4) is 5.75 Å². The number of methoxy groups -OCH3 is 1. The van der Waals surface area contributed by atoms with Crippen molar-refractivity contribution in [2.75, 3.05) is 7.11 Å². The summed E-state index contributed by atoms with van der Waals surface area (Å²) in [6, 6.07) is 4.30. The molecule has 2 nitrogen and oxygen atoms in total. The first kappa shape index (κ1) is 11.9. The number of benzene rings is 1. The van der Waals surface area contributed by atoms with E-state index in [1.807, 2.05) is 6.07 Å². The van der Waals surface area contributed by atoms with Crippen molar-refractivity contribution in [3.63, 3.8) is 0 Å². The maximum absolute atomic E-state index is 6.13. The second kappa shape index (κ2) is 4.04. The molecule has 1 aliphatic carbocycles. The van der Waals surface area contributed by atoms with E-state index in [1.54, 1.807) is 7.11 Å². The van der Waals surface area contributed by atoms with Gasteiger partial charge in [-0.15, -0.1) is 0 Å². The molecule has 0 bridgehead atoms. The monoisotopic (exact) mass is 283 g/mol. The van der Waals surface area contributed by atoms with Crippen molar-refractivity contribution in [1.29, 1.82) is 0 Å². The van der Waals surface area contributed by atoms with Gasteiger partial charge in [0.05, 0.1) is 11.6 Å². The van der Waals surface area contributed by atoms with Gasteiger partial charge >= 0.3 is 0 Å². The molecule has 2 N–H and O–H groups in total. The Bertz CT molecular complexity index is 411. The van der Waals surface area contributed by atoms with E-state index >= 15 is 0 Å². The van der Waals surface area contributed by atoms with Crippen LogP contribution >= 0.6 is 15.9 Å². The molecule has 0 saturated heterocycles. The van der Waals surface area contributed by atoms with Gasteiger partial charge in [-0.3, -0.25) is 0 Å². The number of aryl methyl sites for hydroxylation is 1. The van der Waals surface area contributed by atoms with Crippen LogP contribution in [0.2, 0.25) is 0 Å². The third-order valence-corrected chi connectivity index (χ3v) is 4.48. The molecule has 88 valence electrons. The second-order valence-corrected chi connectivity index (χ2v) is 5.51. The Morgan fingerprint density at radius 3 is 2.50 bits per heavy atom. The fourth-order valence-corrected chi connectivity index (χ4v) is 3.49. The summed E-state index contributed by atoms with van der Waals surface area (Å²) in [7, 11) is 1.70. The zero-order valence-corrected chi connectivity index (χ0v) is 11.6. The first-order valence-electron chi connectivity index (χ1n) is 5.62. The largest absolute Gasteiger partial charge is 0.496 e. The number of hydrogen-bond acceptors (Lipinski definition) is 2. The number of rotatable bonds is 3. The highest BCUT2D eigenvalue weighted by Gasteiger charge is 2.49. The molecule has 16 heavy (non-hydrogen) atoms. The molecule has 0 radical (unpaired) electrons. The smallest absolute Gasteiger partial charge is 0.133 e. The van der Waals surface area contributed by atoms with Crippen molar-refractivity contribution in [3.05, 3.63) is 27.7 Å². The van der Waals surface area contributed by atoms with Crippen LogP contribution < -0.4 is 10.5 Å². The van der Waals surface area contributed by atoms with Crippen molar-refractivity contribution in [2.24, 2.45) is 5.73 Å². The van der Waals surface area contributed by atoms with Gasteiger partial charge in [-0.05, 0) is 59.8 Å². The predicted octanol–water partition coefficient (Wildman–Crippen LogP) is 3.14. The highest BCUT2D eigenvalue weighted by atomic mass is 79.9. The Balaban J connectivity index is 2.56. The minimum atomic E-state index is 0.164. The number of halogens is 1. The van der Waals surface area contributed by atoms with Crippen LogP contribution in [0.1, 0.15) is 30.9 Å². The summed E-state index contributed by atoms with van der Waals surface area (Å²) in [5, 5.41) is 0. The predicted molar refractivity (Wildman–Crippen MR) is 70.0 cm³/mol. The lowest BCUT2D eigenvalue weighted by Gasteiger charge is -2.24. The van der Waals surface area contributed by atoms with Crippen LogP contribution in [0.4, 0.5) is 0 Å². The van der Waals surface area contributed by atoms with Crippen molar-refractivity contribution in [2.45, 2.75) is 38.1 Å². The molecule has 1 atom stereocenters. The third-order valence-electron chi connectivity index (χ3n) is 3.69. The van der Waals surface area contributed by atoms with Crippen LogP contribution in [0.15, 0.2) is 16.6 Å². The minimum absolute atomic E-state index is 0.164. The molecule has 1 fully saturated rings. The van der Waals surface area contributed by atoms with Crippen molar-refractivity contribution in [1.82, 2.24) is 0 Å². The summed E-state index contributed by atoms with van der Waals surface area (Å²) in [6.45, 7) is 4.24. The van der Waals surface area contributed by atoms with Gasteiger partial charge in [0.25, 0.3) is 0 Å². The lowest BCUT2D eigenvalue weighted by Crippen LogP contribution is -2.32. The normalized spacial score (nSPS) is 19.3. The lowest BCUT2D eigenvalue weighted by atomic mass is 9.86. The van der Waals surface area contributed by atoms with E-state index in [1.165, 1.54) is 24.0 Å². The topological polar surface area (TPSA) is 35.2 Å². The van der Waals surface area contributed by atoms with E-state index in [4.69, 9.17) is 10.5 Å². The Kier molecular flexibility index (Phi) is 3.01. The lowest BCUT2D eigenvalue weighted by molar-refractivity contribution is 0.409. The third kappa shape index (κ3) is 1.66. The average molecular weight is 284 g/mol. The molecular formula is C13H18BrNO. The Morgan fingerprint density at radius 1 is 1.44 bits per heavy atom. The molecule has 1 aromatic rings. The first-order valence-corrected chi connectivity index (χ1v) is 6.41. The summed E-state index contributed by atoms with van der Waals surface area (Å²) >= 11 is 3.66. The van der Waals surface area contributed by atoms with E-state index < -0.39 is 0 Å². The van der Waals surface area contributed by atoms with Gasteiger partial charge in [-0.25, -0.2) is 0 Å². The molecule has 1 saturated carbocycles. The molecule has 0 aromatic heterocycles. The summed E-state index contributed by atoms with van der Waals surface area (Å²) in [4.78, 5) is 0. The van der Waals surface area contributed by atoms with E-state index in [-0.39, 0.29) is 11.5 Å². The van der Waals surface area contributed by atoms with Crippen LogP contribution in [0.5, 0.6) is 5.75 Å². The van der Waals surface area contributed by atoms with E-state index in [0.29, 0.717) is 0 Å². The molecule has 2 rings (SSSR count). The van der Waals surface area contributed by atoms with E-state index in [9.17, 15) is 0 Å². The highest BCUT2D eigenvalue weighted by molar-refractivity contribution is 9.10. The molecule has 1 aromatic carbocycles. The Labute approximate surface area is 105 Å². The van der Waals surface area contributed by atoms with Crippen LogP contribution in [0, 0.1) is 6.92 Å². The van der Waals surface area contributed by atoms with Crippen molar-refractivity contribution < 1.29 is 4.74 Å². The standard InChI is InChI=1S/C13H18BrNO/c1-8-4-5-10(16-3)12(14)11(8)13(6-7-13)9(2)15/h4-5,9H,6-7,15H2,1-3H3. The summed E-state index contributed by atoms with van der Waals surface area (Å²) < 4.78 is 6.43. The van der Waals surface area contributed by atoms with Gasteiger partial charge in [0.1, 0.15) is 5.75 Å². The van der Waals surface area contributed by atoms with Gasteiger partial charge < -0.3 is 10.5 Å². The fraction of sp³-hybridized carbons (Fsp3) is 0.538. The Hall–Kier alpha value is -0.540. The summed E-state index contributed by atoms with van der Waals surface area (Å²) in [6.07, 6.45) is 2.36. The van der Waals surface area contributed by atoms with Gasteiger partial charge in [0.15, 0.2) is 0 Å². The summed E-state index contributed by atoms with van der Waals surface area (Å²) in [5.41, 5.74) is 8.93. The molecule has 3 heteroatoms. The Morgan fingerprint density at radius 2 is 2.06 bits per heavy atom. The number of nitrogens with two attached hydrogens (primary N) is 1. The summed E-state index contributed by atoms with van der Waals surface area (Å²) in [5.74, 6) is 0.896. The molecule has 0 amide bonds. The van der Waals surface area contributed by atoms with Gasteiger partial charge in [0, 0.05) is 11.5 Å². The quantitative estimate of drug-likeness (QED) is 0.925. The maximum Gasteiger partial charge on any atom is 0.133 e. The van der Waals surface area contributed by atoms with E-state index in [2.05, 4.69) is 35.8 Å². The van der Waals surface area contributed by atoms with Crippen LogP contribution in [0.3, 0.4) is 0 Å². The molecule has 0 aliphatic heterocycles. The first-order chi connectivity index (χ1) is 7.53. The minimum Gasteiger partial charge on any atom is -0.496 e. The fourth-order valence-electron chi connectivity index (χ4n) is 2.49. The van der Waals surface area contributed by atoms with Gasteiger partial charge in [-0.1, -0.05) is 6.07 Å². The van der Waals surface area contributed by atoms with Gasteiger partial charge in [0.2, 0.25) is 0 Å². The second-order valence-electron chi connectivity index (χ2n) is 4.72. The SMILES string of the molecule is COc1ccc(C)c(C2(C(C)N)CC2)c1Br. The van der Waals surface area contributed by atoms with Crippen LogP contribution in [-0.2, 0) is 5.41 Å². The van der Waals surface area contributed by atoms with Crippen molar-refractivity contribution >= 4 is 15.9 Å². The number of hydrogen-bond donors (Lipinski definition) is 1.